The van der Waals surface area contributed by atoms with Crippen LogP contribution < -0.4 is 10.5 Å². The third-order valence-electron chi connectivity index (χ3n) is 4.62. The Kier molecular flexibility index (Phi) is 5.38. The number of fused-ring (bicyclic) bond motifs is 1. The van der Waals surface area contributed by atoms with Gasteiger partial charge in [0.2, 0.25) is 0 Å². The number of H-pyrrole nitrogens is 1. The summed E-state index contributed by atoms with van der Waals surface area (Å²) in [6.45, 7) is 5.35. The second-order valence-electron chi connectivity index (χ2n) is 6.82. The van der Waals surface area contributed by atoms with Crippen LogP contribution >= 0.6 is 11.3 Å². The number of aromatic nitrogens is 2. The number of thiophene rings is 1. The summed E-state index contributed by atoms with van der Waals surface area (Å²) in [6, 6.07) is 4.13. The molecule has 0 aliphatic heterocycles. The number of benzene rings is 1. The van der Waals surface area contributed by atoms with Gasteiger partial charge in [-0.15, -0.1) is 11.3 Å². The summed E-state index contributed by atoms with van der Waals surface area (Å²) in [6.07, 6.45) is -0.838. The Balaban J connectivity index is 1.89. The van der Waals surface area contributed by atoms with E-state index in [1.54, 1.807) is 25.9 Å². The van der Waals surface area contributed by atoms with E-state index in [0.717, 1.165) is 10.4 Å². The van der Waals surface area contributed by atoms with Crippen molar-refractivity contribution in [3.8, 4) is 0 Å². The summed E-state index contributed by atoms with van der Waals surface area (Å²) >= 11 is 1.40. The standard InChI is InChI=1S/C19H20N4O5S/c1-9-11(3)29-18-15(9)17(24)20-16(21-18)10(2)28-19(25)12-6-7-13(22(4)5)14(8-12)23(26)27/h6-8,10H,1-5H3,(H,20,21,24)/t10-/m0/s1. The molecule has 152 valence electrons. The summed E-state index contributed by atoms with van der Waals surface area (Å²) in [4.78, 5) is 45.9. The van der Waals surface area contributed by atoms with Crippen LogP contribution in [0.4, 0.5) is 11.4 Å². The van der Waals surface area contributed by atoms with Crippen molar-refractivity contribution in [3.05, 3.63) is 60.5 Å². The number of esters is 1. The highest BCUT2D eigenvalue weighted by Crippen LogP contribution is 2.29. The van der Waals surface area contributed by atoms with Crippen molar-refractivity contribution < 1.29 is 14.5 Å². The second-order valence-corrected chi connectivity index (χ2v) is 8.02. The van der Waals surface area contributed by atoms with Gasteiger partial charge in [0.05, 0.1) is 15.9 Å². The number of carbonyl (C=O) groups excluding carboxylic acids is 1. The number of aryl methyl sites for hydroxylation is 2. The zero-order valence-electron chi connectivity index (χ0n) is 16.6. The van der Waals surface area contributed by atoms with E-state index >= 15 is 0 Å². The van der Waals surface area contributed by atoms with Gasteiger partial charge in [0.25, 0.3) is 11.2 Å². The van der Waals surface area contributed by atoms with Crippen molar-refractivity contribution in [2.75, 3.05) is 19.0 Å². The molecular formula is C19H20N4O5S. The van der Waals surface area contributed by atoms with Crippen LogP contribution in [0, 0.1) is 24.0 Å². The van der Waals surface area contributed by atoms with Gasteiger partial charge in [-0.05, 0) is 38.5 Å². The summed E-state index contributed by atoms with van der Waals surface area (Å²) in [5.41, 5.74) is 0.804. The molecular weight excluding hydrogens is 396 g/mol. The number of hydrogen-bond donors (Lipinski definition) is 1. The van der Waals surface area contributed by atoms with Crippen LogP contribution in [-0.2, 0) is 4.74 Å². The first-order valence-electron chi connectivity index (χ1n) is 8.76. The van der Waals surface area contributed by atoms with Gasteiger partial charge < -0.3 is 14.6 Å². The number of nitro benzene ring substituents is 1. The van der Waals surface area contributed by atoms with Gasteiger partial charge in [-0.1, -0.05) is 0 Å². The van der Waals surface area contributed by atoms with E-state index in [0.29, 0.717) is 15.9 Å². The molecule has 2 heterocycles. The number of nitro groups is 1. The lowest BCUT2D eigenvalue weighted by Gasteiger charge is -2.15. The van der Waals surface area contributed by atoms with Gasteiger partial charge in [0.15, 0.2) is 11.9 Å². The number of nitrogens with zero attached hydrogens (tertiary/aromatic N) is 3. The fourth-order valence-corrected chi connectivity index (χ4v) is 3.96. The van der Waals surface area contributed by atoms with Gasteiger partial charge in [0, 0.05) is 25.0 Å². The Morgan fingerprint density at radius 1 is 1.34 bits per heavy atom. The Morgan fingerprint density at radius 3 is 2.66 bits per heavy atom. The lowest BCUT2D eigenvalue weighted by Crippen LogP contribution is -2.17. The molecule has 0 fully saturated rings. The number of ether oxygens (including phenoxy) is 1. The summed E-state index contributed by atoms with van der Waals surface area (Å²) in [5, 5.41) is 11.8. The molecule has 0 aliphatic rings. The van der Waals surface area contributed by atoms with Gasteiger partial charge in [-0.2, -0.15) is 0 Å². The van der Waals surface area contributed by atoms with Crippen molar-refractivity contribution in [1.29, 1.82) is 0 Å². The van der Waals surface area contributed by atoms with Gasteiger partial charge >= 0.3 is 5.97 Å². The van der Waals surface area contributed by atoms with Crippen LogP contribution in [0.1, 0.15) is 39.7 Å². The SMILES string of the molecule is Cc1sc2nc([C@H](C)OC(=O)c3ccc(N(C)C)c([N+](=O)[O-])c3)[nH]c(=O)c2c1C. The molecule has 0 saturated heterocycles. The van der Waals surface area contributed by atoms with Gasteiger partial charge in [0.1, 0.15) is 10.5 Å². The largest absolute Gasteiger partial charge is 0.451 e. The second kappa shape index (κ2) is 7.63. The molecule has 0 saturated carbocycles. The highest BCUT2D eigenvalue weighted by atomic mass is 32.1. The first-order valence-corrected chi connectivity index (χ1v) is 9.58. The zero-order valence-corrected chi connectivity index (χ0v) is 17.4. The van der Waals surface area contributed by atoms with Crippen LogP contribution in [0.3, 0.4) is 0 Å². The lowest BCUT2D eigenvalue weighted by molar-refractivity contribution is -0.384. The van der Waals surface area contributed by atoms with Gasteiger partial charge in [-0.25, -0.2) is 9.78 Å². The van der Waals surface area contributed by atoms with E-state index < -0.39 is 17.0 Å². The van der Waals surface area contributed by atoms with Crippen molar-refractivity contribution in [1.82, 2.24) is 9.97 Å². The van der Waals surface area contributed by atoms with Crippen LogP contribution in [0.5, 0.6) is 0 Å². The topological polar surface area (TPSA) is 118 Å². The fourth-order valence-electron chi connectivity index (χ4n) is 2.92. The minimum atomic E-state index is -0.838. The Labute approximate surface area is 170 Å². The molecule has 3 rings (SSSR count). The van der Waals surface area contributed by atoms with E-state index in [9.17, 15) is 19.7 Å². The van der Waals surface area contributed by atoms with E-state index in [-0.39, 0.29) is 22.6 Å². The van der Waals surface area contributed by atoms with E-state index in [4.69, 9.17) is 4.74 Å². The Bertz CT molecular complexity index is 1180. The monoisotopic (exact) mass is 416 g/mol. The predicted molar refractivity (Wildman–Crippen MR) is 111 cm³/mol. The normalized spacial score (nSPS) is 12.0. The Hall–Kier alpha value is -3.27. The minimum absolute atomic E-state index is 0.0420. The number of anilines is 1. The molecule has 0 radical (unpaired) electrons. The average molecular weight is 416 g/mol. The highest BCUT2D eigenvalue weighted by molar-refractivity contribution is 7.18. The molecule has 1 N–H and O–H groups in total. The minimum Gasteiger partial charge on any atom is -0.451 e. The maximum Gasteiger partial charge on any atom is 0.339 e. The molecule has 1 aromatic carbocycles. The van der Waals surface area contributed by atoms with E-state index in [2.05, 4.69) is 9.97 Å². The maximum atomic E-state index is 12.5. The number of nitrogens with one attached hydrogen (secondary N) is 1. The molecule has 10 heteroatoms. The molecule has 2 aromatic heterocycles. The molecule has 0 bridgehead atoms. The average Bonchev–Trinajstić information content (AvgIpc) is 2.95. The quantitative estimate of drug-likeness (QED) is 0.384. The van der Waals surface area contributed by atoms with Crippen LogP contribution in [0.2, 0.25) is 0 Å². The van der Waals surface area contributed by atoms with Crippen LogP contribution in [0.15, 0.2) is 23.0 Å². The van der Waals surface area contributed by atoms with Crippen molar-refractivity contribution in [2.45, 2.75) is 26.9 Å². The third kappa shape index (κ3) is 3.83. The summed E-state index contributed by atoms with van der Waals surface area (Å²) in [5.74, 6) is -0.524. The zero-order chi connectivity index (χ0) is 21.5. The number of carbonyl (C=O) groups is 1. The first kappa shape index (κ1) is 20.5. The number of aromatic amines is 1. The predicted octanol–water partition coefficient (Wildman–Crippen LogP) is 3.49. The molecule has 0 spiro atoms. The van der Waals surface area contributed by atoms with Crippen molar-refractivity contribution in [3.63, 3.8) is 0 Å². The molecule has 0 aliphatic carbocycles. The van der Waals surface area contributed by atoms with Crippen LogP contribution in [-0.4, -0.2) is 35.0 Å². The van der Waals surface area contributed by atoms with Crippen molar-refractivity contribution >= 4 is 38.9 Å². The molecule has 3 aromatic rings. The number of rotatable bonds is 5. The molecule has 29 heavy (non-hydrogen) atoms. The van der Waals surface area contributed by atoms with Crippen LogP contribution in [0.25, 0.3) is 10.2 Å². The summed E-state index contributed by atoms with van der Waals surface area (Å²) in [7, 11) is 3.35. The molecule has 0 unspecified atom stereocenters. The smallest absolute Gasteiger partial charge is 0.339 e. The summed E-state index contributed by atoms with van der Waals surface area (Å²) < 4.78 is 5.40. The lowest BCUT2D eigenvalue weighted by atomic mass is 10.1. The fraction of sp³-hybridized carbons (Fsp3) is 0.316. The highest BCUT2D eigenvalue weighted by Gasteiger charge is 2.22. The molecule has 9 nitrogen and oxygen atoms in total. The van der Waals surface area contributed by atoms with E-state index in [1.165, 1.54) is 29.5 Å². The third-order valence-corrected chi connectivity index (χ3v) is 5.72. The molecule has 1 atom stereocenters. The maximum absolute atomic E-state index is 12.5. The Morgan fingerprint density at radius 2 is 2.03 bits per heavy atom. The van der Waals surface area contributed by atoms with Crippen molar-refractivity contribution in [2.24, 2.45) is 0 Å². The first-order chi connectivity index (χ1) is 13.6. The van der Waals surface area contributed by atoms with Gasteiger partial charge in [-0.3, -0.25) is 14.9 Å². The van der Waals surface area contributed by atoms with E-state index in [1.807, 2.05) is 13.8 Å². The number of hydrogen-bond acceptors (Lipinski definition) is 8. The molecule has 0 amide bonds.